The molecule has 0 bridgehead atoms. The second-order valence-electron chi connectivity index (χ2n) is 7.90. The smallest absolute Gasteiger partial charge is 0.0571 e. The summed E-state index contributed by atoms with van der Waals surface area (Å²) in [5.41, 5.74) is 4.41. The first-order chi connectivity index (χ1) is 9.25. The zero-order valence-corrected chi connectivity index (χ0v) is 13.7. The van der Waals surface area contributed by atoms with Gasteiger partial charge in [-0.1, -0.05) is 50.1 Å². The van der Waals surface area contributed by atoms with Crippen molar-refractivity contribution in [2.75, 3.05) is 0 Å². The van der Waals surface area contributed by atoms with E-state index in [9.17, 15) is 5.11 Å². The maximum atomic E-state index is 10.4. The molecule has 1 fully saturated rings. The van der Waals surface area contributed by atoms with Crippen LogP contribution in [0.1, 0.15) is 56.7 Å². The van der Waals surface area contributed by atoms with Gasteiger partial charge >= 0.3 is 0 Å². The number of aliphatic hydroxyl groups is 1. The van der Waals surface area contributed by atoms with Gasteiger partial charge < -0.3 is 5.11 Å². The van der Waals surface area contributed by atoms with Crippen LogP contribution >= 0.6 is 0 Å². The average Bonchev–Trinajstić information content (AvgIpc) is 2.29. The Morgan fingerprint density at radius 3 is 2.20 bits per heavy atom. The number of hydrogen-bond acceptors (Lipinski definition) is 1. The number of hydrogen-bond donors (Lipinski definition) is 1. The summed E-state index contributed by atoms with van der Waals surface area (Å²) in [4.78, 5) is 0. The highest BCUT2D eigenvalue weighted by atomic mass is 16.3. The zero-order valence-electron chi connectivity index (χ0n) is 13.7. The minimum atomic E-state index is -0.116. The molecule has 0 radical (unpaired) electrons. The third-order valence-corrected chi connectivity index (χ3v) is 4.95. The molecule has 1 saturated carbocycles. The fourth-order valence-electron chi connectivity index (χ4n) is 3.74. The Morgan fingerprint density at radius 2 is 1.65 bits per heavy atom. The van der Waals surface area contributed by atoms with Gasteiger partial charge in [0, 0.05) is 0 Å². The van der Waals surface area contributed by atoms with E-state index >= 15 is 0 Å². The summed E-state index contributed by atoms with van der Waals surface area (Å²) >= 11 is 0. The van der Waals surface area contributed by atoms with E-state index in [1.807, 2.05) is 0 Å². The van der Waals surface area contributed by atoms with Gasteiger partial charge in [0.05, 0.1) is 6.10 Å². The Labute approximate surface area is 124 Å². The van der Waals surface area contributed by atoms with Gasteiger partial charge in [-0.25, -0.2) is 0 Å². The first kappa shape index (κ1) is 15.6. The third-order valence-electron chi connectivity index (χ3n) is 4.95. The second kappa shape index (κ2) is 5.89. The van der Waals surface area contributed by atoms with Crippen LogP contribution in [-0.2, 0) is 6.42 Å². The Morgan fingerprint density at radius 1 is 1.05 bits per heavy atom. The van der Waals surface area contributed by atoms with Crippen molar-refractivity contribution in [1.82, 2.24) is 0 Å². The van der Waals surface area contributed by atoms with Crippen molar-refractivity contribution >= 4 is 0 Å². The quantitative estimate of drug-likeness (QED) is 0.831. The molecule has 1 nitrogen and oxygen atoms in total. The highest BCUT2D eigenvalue weighted by Crippen LogP contribution is 2.41. The fourth-order valence-corrected chi connectivity index (χ4v) is 3.74. The molecular weight excluding hydrogens is 244 g/mol. The van der Waals surface area contributed by atoms with E-state index in [4.69, 9.17) is 0 Å². The van der Waals surface area contributed by atoms with Gasteiger partial charge in [-0.3, -0.25) is 0 Å². The van der Waals surface area contributed by atoms with Crippen LogP contribution in [0.4, 0.5) is 0 Å². The molecule has 3 atom stereocenters. The van der Waals surface area contributed by atoms with Crippen molar-refractivity contribution < 1.29 is 5.11 Å². The van der Waals surface area contributed by atoms with Gasteiger partial charge in [0.2, 0.25) is 0 Å². The minimum Gasteiger partial charge on any atom is -0.393 e. The van der Waals surface area contributed by atoms with Gasteiger partial charge in [-0.05, 0) is 62.3 Å². The molecule has 0 saturated heterocycles. The van der Waals surface area contributed by atoms with Crippen LogP contribution in [0.3, 0.4) is 0 Å². The molecule has 3 unspecified atom stereocenters. The van der Waals surface area contributed by atoms with Crippen LogP contribution in [0.15, 0.2) is 18.2 Å². The van der Waals surface area contributed by atoms with Gasteiger partial charge in [0.15, 0.2) is 0 Å². The maximum absolute atomic E-state index is 10.4. The van der Waals surface area contributed by atoms with Gasteiger partial charge in [0.25, 0.3) is 0 Å². The Hall–Kier alpha value is -0.820. The average molecular weight is 274 g/mol. The number of aliphatic hydroxyl groups excluding tert-OH is 1. The summed E-state index contributed by atoms with van der Waals surface area (Å²) in [6, 6.07) is 6.78. The molecule has 1 aromatic rings. The number of aryl methyl sites for hydroxylation is 2. The standard InChI is InChI=1S/C19H30O/c1-13-8-14(2)10-15(9-13)11-16-12-17(19(3,4)5)6-7-18(16)20/h8-10,16-18,20H,6-7,11-12H2,1-5H3. The molecule has 1 aromatic carbocycles. The fraction of sp³-hybridized carbons (Fsp3) is 0.684. The molecule has 0 spiro atoms. The topological polar surface area (TPSA) is 20.2 Å². The summed E-state index contributed by atoms with van der Waals surface area (Å²) in [5.74, 6) is 1.16. The molecule has 0 amide bonds. The maximum Gasteiger partial charge on any atom is 0.0571 e. The number of rotatable bonds is 2. The van der Waals surface area contributed by atoms with Crippen LogP contribution < -0.4 is 0 Å². The first-order valence-electron chi connectivity index (χ1n) is 8.01. The Balaban J connectivity index is 2.10. The van der Waals surface area contributed by atoms with E-state index in [1.165, 1.54) is 23.1 Å². The third kappa shape index (κ3) is 3.85. The van der Waals surface area contributed by atoms with E-state index in [-0.39, 0.29) is 6.10 Å². The summed E-state index contributed by atoms with van der Waals surface area (Å²) in [7, 11) is 0. The van der Waals surface area contributed by atoms with E-state index < -0.39 is 0 Å². The molecule has 0 aliphatic heterocycles. The van der Waals surface area contributed by atoms with Crippen LogP contribution in [-0.4, -0.2) is 11.2 Å². The monoisotopic (exact) mass is 274 g/mol. The molecule has 0 heterocycles. The Kier molecular flexibility index (Phi) is 4.59. The molecule has 20 heavy (non-hydrogen) atoms. The van der Waals surface area contributed by atoms with Crippen LogP contribution in [0, 0.1) is 31.1 Å². The normalized spacial score (nSPS) is 27.6. The predicted molar refractivity (Wildman–Crippen MR) is 85.9 cm³/mol. The molecule has 1 aliphatic carbocycles. The van der Waals surface area contributed by atoms with E-state index in [0.29, 0.717) is 11.3 Å². The molecule has 2 rings (SSSR count). The summed E-state index contributed by atoms with van der Waals surface area (Å²) in [6.07, 6.45) is 4.22. The van der Waals surface area contributed by atoms with Gasteiger partial charge in [-0.2, -0.15) is 0 Å². The molecule has 1 heteroatoms. The van der Waals surface area contributed by atoms with E-state index in [2.05, 4.69) is 52.8 Å². The van der Waals surface area contributed by atoms with Gasteiger partial charge in [0.1, 0.15) is 0 Å². The largest absolute Gasteiger partial charge is 0.393 e. The lowest BCUT2D eigenvalue weighted by Crippen LogP contribution is -2.35. The van der Waals surface area contributed by atoms with Crippen molar-refractivity contribution in [3.63, 3.8) is 0 Å². The second-order valence-corrected chi connectivity index (χ2v) is 7.90. The lowest BCUT2D eigenvalue weighted by molar-refractivity contribution is 0.0196. The minimum absolute atomic E-state index is 0.116. The van der Waals surface area contributed by atoms with E-state index in [0.717, 1.165) is 25.2 Å². The van der Waals surface area contributed by atoms with Crippen molar-refractivity contribution in [1.29, 1.82) is 0 Å². The van der Waals surface area contributed by atoms with Crippen LogP contribution in [0.2, 0.25) is 0 Å². The predicted octanol–water partition coefficient (Wildman–Crippen LogP) is 4.67. The first-order valence-corrected chi connectivity index (χ1v) is 8.01. The summed E-state index contributed by atoms with van der Waals surface area (Å²) in [6.45, 7) is 11.3. The van der Waals surface area contributed by atoms with Crippen molar-refractivity contribution in [2.24, 2.45) is 17.3 Å². The highest BCUT2D eigenvalue weighted by Gasteiger charge is 2.34. The molecular formula is C19H30O. The van der Waals surface area contributed by atoms with Crippen LogP contribution in [0.5, 0.6) is 0 Å². The van der Waals surface area contributed by atoms with E-state index in [1.54, 1.807) is 0 Å². The Bertz CT molecular complexity index is 435. The summed E-state index contributed by atoms with van der Waals surface area (Å²) in [5, 5.41) is 10.4. The van der Waals surface area contributed by atoms with Crippen molar-refractivity contribution in [3.8, 4) is 0 Å². The van der Waals surface area contributed by atoms with Crippen molar-refractivity contribution in [3.05, 3.63) is 34.9 Å². The SMILES string of the molecule is Cc1cc(C)cc(CC2CC(C(C)(C)C)CCC2O)c1. The zero-order chi connectivity index (χ0) is 14.9. The number of benzene rings is 1. The van der Waals surface area contributed by atoms with Gasteiger partial charge in [-0.15, -0.1) is 0 Å². The van der Waals surface area contributed by atoms with Crippen LogP contribution in [0.25, 0.3) is 0 Å². The lowest BCUT2D eigenvalue weighted by Gasteiger charge is -2.40. The lowest BCUT2D eigenvalue weighted by atomic mass is 9.67. The summed E-state index contributed by atoms with van der Waals surface area (Å²) < 4.78 is 0. The molecule has 0 aromatic heterocycles. The highest BCUT2D eigenvalue weighted by molar-refractivity contribution is 5.29. The van der Waals surface area contributed by atoms with Crippen molar-refractivity contribution in [2.45, 2.75) is 66.4 Å². The molecule has 112 valence electrons. The molecule has 1 aliphatic rings. The molecule has 1 N–H and O–H groups in total.